The van der Waals surface area contributed by atoms with Crippen LogP contribution >= 0.6 is 0 Å². The molecular formula is C24H21F3N2O6. The normalized spacial score (nSPS) is 11.0. The van der Waals surface area contributed by atoms with Crippen molar-refractivity contribution in [2.45, 2.75) is 6.18 Å². The van der Waals surface area contributed by atoms with E-state index < -0.39 is 36.1 Å². The lowest BCUT2D eigenvalue weighted by atomic mass is 10.1. The molecule has 0 saturated heterocycles. The molecule has 0 aliphatic rings. The summed E-state index contributed by atoms with van der Waals surface area (Å²) in [5.74, 6) is -1.82. The molecule has 3 rings (SSSR count). The predicted octanol–water partition coefficient (Wildman–Crippen LogP) is 4.23. The molecule has 0 saturated carbocycles. The number of likely N-dealkylation sites (N-methyl/N-ethyl adjacent to an activating group) is 1. The third-order valence-corrected chi connectivity index (χ3v) is 4.77. The Bertz CT molecular complexity index is 1220. The topological polar surface area (TPSA) is 98.1 Å². The lowest BCUT2D eigenvalue weighted by molar-refractivity contribution is -0.137. The van der Waals surface area contributed by atoms with Gasteiger partial charge in [-0.15, -0.1) is 0 Å². The number of alkyl halides is 3. The van der Waals surface area contributed by atoms with Crippen molar-refractivity contribution >= 4 is 23.5 Å². The molecule has 0 radical (unpaired) electrons. The van der Waals surface area contributed by atoms with Crippen molar-refractivity contribution in [1.82, 2.24) is 4.90 Å². The first kappa shape index (κ1) is 25.3. The molecule has 1 heterocycles. The van der Waals surface area contributed by atoms with Crippen LogP contribution in [0, 0.1) is 0 Å². The highest BCUT2D eigenvalue weighted by Crippen LogP contribution is 2.32. The van der Waals surface area contributed by atoms with E-state index in [9.17, 15) is 27.6 Å². The number of hydrogen-bond donors (Lipinski definition) is 1. The number of furan rings is 1. The van der Waals surface area contributed by atoms with Gasteiger partial charge in [-0.1, -0.05) is 18.2 Å². The van der Waals surface area contributed by atoms with Crippen molar-refractivity contribution in [3.63, 3.8) is 0 Å². The average Bonchev–Trinajstić information content (AvgIpc) is 3.32. The summed E-state index contributed by atoms with van der Waals surface area (Å²) in [6, 6.07) is 13.6. The fourth-order valence-electron chi connectivity index (χ4n) is 2.97. The van der Waals surface area contributed by atoms with E-state index in [0.717, 1.165) is 17.0 Å². The number of carbonyl (C=O) groups is 3. The van der Waals surface area contributed by atoms with Gasteiger partial charge in [-0.25, -0.2) is 4.79 Å². The van der Waals surface area contributed by atoms with Crippen LogP contribution in [-0.4, -0.2) is 50.0 Å². The molecular weight excluding hydrogens is 469 g/mol. The Kier molecular flexibility index (Phi) is 7.80. The van der Waals surface area contributed by atoms with Crippen molar-refractivity contribution in [3.05, 3.63) is 72.0 Å². The fourth-order valence-corrected chi connectivity index (χ4v) is 2.97. The van der Waals surface area contributed by atoms with E-state index in [1.165, 1.54) is 38.4 Å². The van der Waals surface area contributed by atoms with Crippen LogP contribution in [0.5, 0.6) is 5.75 Å². The van der Waals surface area contributed by atoms with E-state index in [4.69, 9.17) is 13.9 Å². The van der Waals surface area contributed by atoms with Crippen molar-refractivity contribution in [2.75, 3.05) is 32.6 Å². The molecule has 184 valence electrons. The average molecular weight is 490 g/mol. The standard InChI is InChI=1S/C24H21F3N2O6/c1-29(13-21(30)28-17-7-4-8-18(12-17)33-2)22(31)14-34-23(32)20-10-9-19(35-20)15-5-3-6-16(11-15)24(25,26)27/h3-12H,13-14H2,1-2H3,(H,28,30). The molecule has 0 atom stereocenters. The number of esters is 1. The summed E-state index contributed by atoms with van der Waals surface area (Å²) in [5, 5.41) is 2.62. The molecule has 11 heteroatoms. The number of ether oxygens (including phenoxy) is 2. The second kappa shape index (κ2) is 10.8. The molecule has 35 heavy (non-hydrogen) atoms. The van der Waals surface area contributed by atoms with Gasteiger partial charge in [0.1, 0.15) is 11.5 Å². The Labute approximate surface area is 198 Å². The first-order valence-corrected chi connectivity index (χ1v) is 10.2. The SMILES string of the molecule is COc1cccc(NC(=O)CN(C)C(=O)COC(=O)c2ccc(-c3cccc(C(F)(F)F)c3)o2)c1. The minimum atomic E-state index is -4.53. The van der Waals surface area contributed by atoms with Crippen LogP contribution in [0.2, 0.25) is 0 Å². The maximum atomic E-state index is 12.9. The van der Waals surface area contributed by atoms with Crippen LogP contribution < -0.4 is 10.1 Å². The van der Waals surface area contributed by atoms with E-state index >= 15 is 0 Å². The molecule has 0 spiro atoms. The van der Waals surface area contributed by atoms with Crippen molar-refractivity contribution in [3.8, 4) is 17.1 Å². The summed E-state index contributed by atoms with van der Waals surface area (Å²) in [4.78, 5) is 37.7. The zero-order chi connectivity index (χ0) is 25.6. The second-order valence-corrected chi connectivity index (χ2v) is 7.35. The predicted molar refractivity (Wildman–Crippen MR) is 119 cm³/mol. The fraction of sp³-hybridized carbons (Fsp3) is 0.208. The molecule has 3 aromatic rings. The third-order valence-electron chi connectivity index (χ3n) is 4.77. The first-order chi connectivity index (χ1) is 16.6. The Hall–Kier alpha value is -4.28. The quantitative estimate of drug-likeness (QED) is 0.475. The number of benzene rings is 2. The number of methoxy groups -OCH3 is 1. The number of carbonyl (C=O) groups excluding carboxylic acids is 3. The summed E-state index contributed by atoms with van der Waals surface area (Å²) in [7, 11) is 2.85. The van der Waals surface area contributed by atoms with Gasteiger partial charge in [0.15, 0.2) is 6.61 Å². The molecule has 1 N–H and O–H groups in total. The molecule has 0 bridgehead atoms. The number of anilines is 1. The monoisotopic (exact) mass is 490 g/mol. The molecule has 1 aromatic heterocycles. The van der Waals surface area contributed by atoms with E-state index in [2.05, 4.69) is 5.32 Å². The summed E-state index contributed by atoms with van der Waals surface area (Å²) < 4.78 is 54.0. The molecule has 8 nitrogen and oxygen atoms in total. The van der Waals surface area contributed by atoms with Crippen molar-refractivity contribution in [1.29, 1.82) is 0 Å². The van der Waals surface area contributed by atoms with E-state index in [1.54, 1.807) is 24.3 Å². The Morgan fingerprint density at radius 3 is 2.49 bits per heavy atom. The zero-order valence-electron chi connectivity index (χ0n) is 18.7. The van der Waals surface area contributed by atoms with Crippen molar-refractivity contribution in [2.24, 2.45) is 0 Å². The first-order valence-electron chi connectivity index (χ1n) is 10.2. The second-order valence-electron chi connectivity index (χ2n) is 7.35. The molecule has 2 amide bonds. The smallest absolute Gasteiger partial charge is 0.416 e. The van der Waals surface area contributed by atoms with Gasteiger partial charge < -0.3 is 24.1 Å². The van der Waals surface area contributed by atoms with Gasteiger partial charge in [-0.2, -0.15) is 13.2 Å². The minimum absolute atomic E-state index is 0.0284. The number of nitrogens with zero attached hydrogens (tertiary/aromatic N) is 1. The Morgan fingerprint density at radius 2 is 1.77 bits per heavy atom. The van der Waals surface area contributed by atoms with E-state index in [0.29, 0.717) is 11.4 Å². The molecule has 0 aliphatic carbocycles. The van der Waals surface area contributed by atoms with Gasteiger partial charge in [0.25, 0.3) is 5.91 Å². The highest BCUT2D eigenvalue weighted by atomic mass is 19.4. The van der Waals surface area contributed by atoms with Gasteiger partial charge >= 0.3 is 12.1 Å². The summed E-state index contributed by atoms with van der Waals surface area (Å²) >= 11 is 0. The van der Waals surface area contributed by atoms with E-state index in [-0.39, 0.29) is 23.6 Å². The van der Waals surface area contributed by atoms with Crippen LogP contribution in [0.25, 0.3) is 11.3 Å². The maximum Gasteiger partial charge on any atom is 0.416 e. The number of hydrogen-bond acceptors (Lipinski definition) is 6. The highest BCUT2D eigenvalue weighted by molar-refractivity contribution is 5.95. The van der Waals surface area contributed by atoms with Gasteiger partial charge in [0.2, 0.25) is 11.7 Å². The van der Waals surface area contributed by atoms with Crippen LogP contribution in [0.3, 0.4) is 0 Å². The lowest BCUT2D eigenvalue weighted by Gasteiger charge is -2.16. The third kappa shape index (κ3) is 6.85. The summed E-state index contributed by atoms with van der Waals surface area (Å²) in [6.07, 6.45) is -4.53. The number of halogens is 3. The summed E-state index contributed by atoms with van der Waals surface area (Å²) in [6.45, 7) is -0.963. The number of nitrogens with one attached hydrogen (secondary N) is 1. The molecule has 0 unspecified atom stereocenters. The maximum absolute atomic E-state index is 12.9. The van der Waals surface area contributed by atoms with Crippen LogP contribution in [0.1, 0.15) is 16.1 Å². The van der Waals surface area contributed by atoms with Gasteiger partial charge in [0, 0.05) is 24.4 Å². The Morgan fingerprint density at radius 1 is 1.03 bits per heavy atom. The number of amides is 2. The van der Waals surface area contributed by atoms with Gasteiger partial charge in [0.05, 0.1) is 19.2 Å². The van der Waals surface area contributed by atoms with Crippen LogP contribution in [0.15, 0.2) is 65.1 Å². The Balaban J connectivity index is 1.52. The molecule has 0 fully saturated rings. The number of rotatable bonds is 8. The lowest BCUT2D eigenvalue weighted by Crippen LogP contribution is -2.37. The van der Waals surface area contributed by atoms with Crippen molar-refractivity contribution < 1.29 is 41.4 Å². The van der Waals surface area contributed by atoms with Crippen LogP contribution in [-0.2, 0) is 20.5 Å². The molecule has 0 aliphatic heterocycles. The van der Waals surface area contributed by atoms with Gasteiger partial charge in [-0.05, 0) is 36.4 Å². The highest BCUT2D eigenvalue weighted by Gasteiger charge is 2.30. The van der Waals surface area contributed by atoms with E-state index in [1.807, 2.05) is 0 Å². The minimum Gasteiger partial charge on any atom is -0.497 e. The van der Waals surface area contributed by atoms with Gasteiger partial charge in [-0.3, -0.25) is 9.59 Å². The largest absolute Gasteiger partial charge is 0.497 e. The van der Waals surface area contributed by atoms with Crippen LogP contribution in [0.4, 0.5) is 18.9 Å². The summed E-state index contributed by atoms with van der Waals surface area (Å²) in [5.41, 5.74) is -0.257. The molecule has 2 aromatic carbocycles. The zero-order valence-corrected chi connectivity index (χ0v) is 18.7.